The van der Waals surface area contributed by atoms with E-state index in [1.807, 2.05) is 107 Å². The molecule has 0 N–H and O–H groups in total. The lowest BCUT2D eigenvalue weighted by Crippen LogP contribution is -2.10. The van der Waals surface area contributed by atoms with Crippen molar-refractivity contribution in [1.82, 2.24) is 0 Å². The van der Waals surface area contributed by atoms with Gasteiger partial charge in [0.25, 0.3) is 0 Å². The molecule has 6 nitrogen and oxygen atoms in total. The van der Waals surface area contributed by atoms with Gasteiger partial charge in [-0.3, -0.25) is 19.2 Å². The molecule has 0 bridgehead atoms. The molecule has 0 atom stereocenters. The van der Waals surface area contributed by atoms with E-state index in [-0.39, 0.29) is 0 Å². The molecule has 6 rings (SSSR count). The molecule has 0 radical (unpaired) electrons. The standard InChI is InChI=1S/C42H28N2O4/c45-27-33-7-19-39(20-8-33)43(40-21-9-34(28-46)10-22-40)37-15-3-31(4-16-37)1-2-32-5-17-38(18-6-32)44(41-23-11-35(29-47)12-24-41)42-25-13-36(30-48)14-26-42/h3-30H. The van der Waals surface area contributed by atoms with Crippen molar-refractivity contribution in [3.8, 4) is 11.8 Å². The normalized spacial score (nSPS) is 10.2. The summed E-state index contributed by atoms with van der Waals surface area (Å²) in [6.45, 7) is 0. The Bertz CT molecular complexity index is 1850. The lowest BCUT2D eigenvalue weighted by atomic mass is 10.1. The molecule has 230 valence electrons. The molecule has 0 saturated heterocycles. The zero-order valence-electron chi connectivity index (χ0n) is 25.7. The molecule has 0 heterocycles. The molecular formula is C42H28N2O4. The van der Waals surface area contributed by atoms with Crippen LogP contribution in [-0.2, 0) is 0 Å². The van der Waals surface area contributed by atoms with Crippen molar-refractivity contribution in [1.29, 1.82) is 0 Å². The SMILES string of the molecule is O=Cc1ccc(N(c2ccc(C#Cc3ccc(N(c4ccc(C=O)cc4)c4ccc(C=O)cc4)cc3)cc2)c2ccc(C=O)cc2)cc1. The molecule has 0 aromatic heterocycles. The van der Waals surface area contributed by atoms with Crippen molar-refractivity contribution in [2.75, 3.05) is 9.80 Å². The van der Waals surface area contributed by atoms with Crippen molar-refractivity contribution in [2.45, 2.75) is 0 Å². The summed E-state index contributed by atoms with van der Waals surface area (Å²) in [5.74, 6) is 6.50. The number of rotatable bonds is 10. The van der Waals surface area contributed by atoms with Gasteiger partial charge in [-0.15, -0.1) is 0 Å². The van der Waals surface area contributed by atoms with Gasteiger partial charge in [0.05, 0.1) is 0 Å². The fraction of sp³-hybridized carbons (Fsp3) is 0. The molecule has 6 aromatic rings. The Balaban J connectivity index is 1.26. The van der Waals surface area contributed by atoms with Gasteiger partial charge < -0.3 is 9.80 Å². The zero-order chi connectivity index (χ0) is 33.3. The minimum absolute atomic E-state index is 0.586. The number of aldehydes is 4. The highest BCUT2D eigenvalue weighted by Gasteiger charge is 2.14. The van der Waals surface area contributed by atoms with E-state index in [0.717, 1.165) is 70.4 Å². The first-order valence-electron chi connectivity index (χ1n) is 15.1. The Morgan fingerprint density at radius 1 is 0.292 bits per heavy atom. The first-order chi connectivity index (χ1) is 23.6. The van der Waals surface area contributed by atoms with E-state index in [1.165, 1.54) is 0 Å². The molecule has 0 saturated carbocycles. The third-order valence-corrected chi connectivity index (χ3v) is 7.75. The second kappa shape index (κ2) is 14.5. The van der Waals surface area contributed by atoms with Gasteiger partial charge in [0.2, 0.25) is 0 Å². The maximum atomic E-state index is 11.2. The molecule has 0 unspecified atom stereocenters. The minimum Gasteiger partial charge on any atom is -0.311 e. The van der Waals surface area contributed by atoms with Gasteiger partial charge in [0, 0.05) is 67.5 Å². The Morgan fingerprint density at radius 2 is 0.479 bits per heavy atom. The Kier molecular flexibility index (Phi) is 9.41. The van der Waals surface area contributed by atoms with Crippen LogP contribution in [0, 0.1) is 11.8 Å². The van der Waals surface area contributed by atoms with Gasteiger partial charge in [-0.05, 0) is 146 Å². The highest BCUT2D eigenvalue weighted by molar-refractivity contribution is 5.84. The molecular weight excluding hydrogens is 596 g/mol. The van der Waals surface area contributed by atoms with Crippen LogP contribution < -0.4 is 9.80 Å². The predicted molar refractivity (Wildman–Crippen MR) is 190 cm³/mol. The van der Waals surface area contributed by atoms with E-state index < -0.39 is 0 Å². The van der Waals surface area contributed by atoms with Crippen LogP contribution in [0.25, 0.3) is 0 Å². The highest BCUT2D eigenvalue weighted by atomic mass is 16.1. The van der Waals surface area contributed by atoms with Crippen LogP contribution in [0.4, 0.5) is 34.1 Å². The molecule has 0 amide bonds. The third-order valence-electron chi connectivity index (χ3n) is 7.75. The number of benzene rings is 6. The van der Waals surface area contributed by atoms with Gasteiger partial charge in [-0.1, -0.05) is 11.8 Å². The third kappa shape index (κ3) is 7.02. The summed E-state index contributed by atoms with van der Waals surface area (Å²) >= 11 is 0. The smallest absolute Gasteiger partial charge is 0.150 e. The Morgan fingerprint density at radius 3 is 0.667 bits per heavy atom. The predicted octanol–water partition coefficient (Wildman–Crippen LogP) is 9.28. The topological polar surface area (TPSA) is 74.8 Å². The molecule has 6 heteroatoms. The molecule has 0 aliphatic rings. The minimum atomic E-state index is 0.586. The summed E-state index contributed by atoms with van der Waals surface area (Å²) in [7, 11) is 0. The molecule has 0 spiro atoms. The first-order valence-corrected chi connectivity index (χ1v) is 15.1. The fourth-order valence-corrected chi connectivity index (χ4v) is 5.23. The molecule has 0 aliphatic heterocycles. The number of hydrogen-bond acceptors (Lipinski definition) is 6. The summed E-state index contributed by atoms with van der Waals surface area (Å²) < 4.78 is 0. The van der Waals surface area contributed by atoms with Gasteiger partial charge in [-0.25, -0.2) is 0 Å². The van der Waals surface area contributed by atoms with E-state index >= 15 is 0 Å². The van der Waals surface area contributed by atoms with Crippen LogP contribution >= 0.6 is 0 Å². The van der Waals surface area contributed by atoms with E-state index in [2.05, 4.69) is 11.8 Å². The van der Waals surface area contributed by atoms with Crippen molar-refractivity contribution >= 4 is 59.3 Å². The first kappa shape index (κ1) is 31.2. The van der Waals surface area contributed by atoms with Crippen molar-refractivity contribution in [3.05, 3.63) is 179 Å². The molecule has 0 fully saturated rings. The van der Waals surface area contributed by atoms with Gasteiger partial charge in [-0.2, -0.15) is 0 Å². The van der Waals surface area contributed by atoms with Crippen molar-refractivity contribution in [2.24, 2.45) is 0 Å². The number of carbonyl (C=O) groups is 4. The summed E-state index contributed by atoms with van der Waals surface area (Å²) in [6, 6.07) is 45.0. The molecule has 48 heavy (non-hydrogen) atoms. The Labute approximate surface area is 278 Å². The van der Waals surface area contributed by atoms with E-state index in [0.29, 0.717) is 22.3 Å². The quantitative estimate of drug-likeness (QED) is 0.112. The Hall–Kier alpha value is -6.84. The van der Waals surface area contributed by atoms with Gasteiger partial charge in [0.1, 0.15) is 25.1 Å². The number of hydrogen-bond donors (Lipinski definition) is 0. The molecule has 6 aromatic carbocycles. The highest BCUT2D eigenvalue weighted by Crippen LogP contribution is 2.36. The number of nitrogens with zero attached hydrogens (tertiary/aromatic N) is 2. The average molecular weight is 625 g/mol. The van der Waals surface area contributed by atoms with Crippen LogP contribution in [0.1, 0.15) is 52.6 Å². The maximum Gasteiger partial charge on any atom is 0.150 e. The summed E-state index contributed by atoms with van der Waals surface area (Å²) in [5, 5.41) is 0. The lowest BCUT2D eigenvalue weighted by molar-refractivity contribution is 0.111. The average Bonchev–Trinajstić information content (AvgIpc) is 3.16. The van der Waals surface area contributed by atoms with Crippen LogP contribution in [0.5, 0.6) is 0 Å². The maximum absolute atomic E-state index is 11.2. The number of carbonyl (C=O) groups excluding carboxylic acids is 4. The fourth-order valence-electron chi connectivity index (χ4n) is 5.23. The monoisotopic (exact) mass is 624 g/mol. The van der Waals surface area contributed by atoms with Crippen LogP contribution in [-0.4, -0.2) is 25.1 Å². The van der Waals surface area contributed by atoms with E-state index in [4.69, 9.17) is 0 Å². The largest absolute Gasteiger partial charge is 0.311 e. The lowest BCUT2D eigenvalue weighted by Gasteiger charge is -2.25. The second-order valence-corrected chi connectivity index (χ2v) is 10.9. The van der Waals surface area contributed by atoms with Crippen LogP contribution in [0.15, 0.2) is 146 Å². The zero-order valence-corrected chi connectivity index (χ0v) is 25.7. The summed E-state index contributed by atoms with van der Waals surface area (Å²) in [6.07, 6.45) is 3.25. The van der Waals surface area contributed by atoms with Crippen LogP contribution in [0.3, 0.4) is 0 Å². The van der Waals surface area contributed by atoms with E-state index in [9.17, 15) is 19.2 Å². The molecule has 0 aliphatic carbocycles. The van der Waals surface area contributed by atoms with Gasteiger partial charge in [0.15, 0.2) is 0 Å². The second-order valence-electron chi connectivity index (χ2n) is 10.9. The van der Waals surface area contributed by atoms with Gasteiger partial charge >= 0.3 is 0 Å². The summed E-state index contributed by atoms with van der Waals surface area (Å²) in [4.78, 5) is 49.0. The number of anilines is 6. The van der Waals surface area contributed by atoms with Crippen molar-refractivity contribution < 1.29 is 19.2 Å². The van der Waals surface area contributed by atoms with E-state index in [1.54, 1.807) is 48.5 Å². The summed E-state index contributed by atoms with van der Waals surface area (Å²) in [5.41, 5.74) is 9.27. The van der Waals surface area contributed by atoms with Crippen LogP contribution in [0.2, 0.25) is 0 Å². The van der Waals surface area contributed by atoms with Crippen molar-refractivity contribution in [3.63, 3.8) is 0 Å².